The van der Waals surface area contributed by atoms with Gasteiger partial charge in [0.25, 0.3) is 0 Å². The summed E-state index contributed by atoms with van der Waals surface area (Å²) in [4.78, 5) is 9.60. The van der Waals surface area contributed by atoms with Crippen molar-refractivity contribution in [2.45, 2.75) is 58.2 Å². The maximum absolute atomic E-state index is 9.60. The Morgan fingerprint density at radius 3 is 1.95 bits per heavy atom. The molecule has 0 amide bonds. The zero-order chi connectivity index (χ0) is 15.1. The van der Waals surface area contributed by atoms with E-state index in [2.05, 4.69) is 6.58 Å². The van der Waals surface area contributed by atoms with Crippen LogP contribution in [0.2, 0.25) is 0 Å². The van der Waals surface area contributed by atoms with Crippen molar-refractivity contribution in [1.82, 2.24) is 0 Å². The van der Waals surface area contributed by atoms with Crippen LogP contribution in [-0.4, -0.2) is 41.3 Å². The maximum atomic E-state index is 9.60. The van der Waals surface area contributed by atoms with Crippen LogP contribution in [0.15, 0.2) is 12.2 Å². The van der Waals surface area contributed by atoms with Crippen molar-refractivity contribution in [3.63, 3.8) is 0 Å². The highest BCUT2D eigenvalue weighted by molar-refractivity contribution is 5.84. The average molecular weight is 276 g/mol. The Morgan fingerprint density at radius 1 is 1.16 bits per heavy atom. The third-order valence-electron chi connectivity index (χ3n) is 2.50. The average Bonchev–Trinajstić information content (AvgIpc) is 2.38. The zero-order valence-electron chi connectivity index (χ0n) is 12.1. The van der Waals surface area contributed by atoms with Gasteiger partial charge in [0.2, 0.25) is 0 Å². The second-order valence-electron chi connectivity index (χ2n) is 4.41. The van der Waals surface area contributed by atoms with E-state index in [1.54, 1.807) is 0 Å². The summed E-state index contributed by atoms with van der Waals surface area (Å²) in [6.07, 6.45) is 6.72. The second kappa shape index (κ2) is 15.1. The minimum Gasteiger partial charge on any atom is -0.478 e. The maximum Gasteiger partial charge on any atom is 0.330 e. The smallest absolute Gasteiger partial charge is 0.330 e. The Labute approximate surface area is 115 Å². The Kier molecular flexibility index (Phi) is 16.3. The molecular formula is C14H28O5. The van der Waals surface area contributed by atoms with Crippen LogP contribution in [-0.2, 0) is 9.53 Å². The third-order valence-corrected chi connectivity index (χ3v) is 2.50. The van der Waals surface area contributed by atoms with E-state index < -0.39 is 12.3 Å². The summed E-state index contributed by atoms with van der Waals surface area (Å²) in [6.45, 7) is 4.91. The first-order valence-electron chi connectivity index (χ1n) is 6.66. The standard InChI is InChI=1S/C10H22O3.C4H6O2/c1-13-10(12)8-6-4-2-3-5-7-9-11;1-3(2)4(5)6/h10-12H,2-9H2,1H3;1H2,2H3,(H,5,6). The lowest BCUT2D eigenvalue weighted by Crippen LogP contribution is -2.07. The molecule has 0 aliphatic heterocycles. The lowest BCUT2D eigenvalue weighted by molar-refractivity contribution is -0.132. The van der Waals surface area contributed by atoms with Crippen molar-refractivity contribution in [3.8, 4) is 0 Å². The second-order valence-corrected chi connectivity index (χ2v) is 4.41. The fourth-order valence-corrected chi connectivity index (χ4v) is 1.26. The van der Waals surface area contributed by atoms with Gasteiger partial charge < -0.3 is 20.1 Å². The first-order valence-corrected chi connectivity index (χ1v) is 6.66. The molecule has 0 aliphatic carbocycles. The number of methoxy groups -OCH3 is 1. The summed E-state index contributed by atoms with van der Waals surface area (Å²) in [5, 5.41) is 25.5. The molecular weight excluding hydrogens is 248 g/mol. The van der Waals surface area contributed by atoms with E-state index in [1.807, 2.05) is 0 Å². The molecule has 5 nitrogen and oxygen atoms in total. The van der Waals surface area contributed by atoms with Gasteiger partial charge in [-0.05, 0) is 26.2 Å². The molecule has 0 saturated heterocycles. The van der Waals surface area contributed by atoms with E-state index in [0.29, 0.717) is 6.61 Å². The van der Waals surface area contributed by atoms with Crippen LogP contribution >= 0.6 is 0 Å². The molecule has 1 unspecified atom stereocenters. The van der Waals surface area contributed by atoms with E-state index >= 15 is 0 Å². The summed E-state index contributed by atoms with van der Waals surface area (Å²) < 4.78 is 4.72. The molecule has 0 radical (unpaired) electrons. The summed E-state index contributed by atoms with van der Waals surface area (Å²) in [5.74, 6) is -0.935. The van der Waals surface area contributed by atoms with Gasteiger partial charge in [0, 0.05) is 19.3 Å². The number of carboxylic acids is 1. The SMILES string of the molecule is C=C(C)C(=O)O.COC(O)CCCCCCCCO. The summed E-state index contributed by atoms with van der Waals surface area (Å²) in [5.41, 5.74) is 0.176. The van der Waals surface area contributed by atoms with Gasteiger partial charge in [0.15, 0.2) is 6.29 Å². The highest BCUT2D eigenvalue weighted by atomic mass is 16.6. The minimum absolute atomic E-state index is 0.176. The number of hydrogen-bond donors (Lipinski definition) is 3. The lowest BCUT2D eigenvalue weighted by atomic mass is 10.1. The van der Waals surface area contributed by atoms with Crippen LogP contribution in [0.25, 0.3) is 0 Å². The van der Waals surface area contributed by atoms with Crippen LogP contribution in [0.3, 0.4) is 0 Å². The van der Waals surface area contributed by atoms with E-state index in [0.717, 1.165) is 32.1 Å². The normalized spacial score (nSPS) is 11.4. The lowest BCUT2D eigenvalue weighted by Gasteiger charge is -2.07. The molecule has 0 aromatic rings. The predicted molar refractivity (Wildman–Crippen MR) is 74.9 cm³/mol. The summed E-state index contributed by atoms with van der Waals surface area (Å²) in [6, 6.07) is 0. The topological polar surface area (TPSA) is 87.0 Å². The summed E-state index contributed by atoms with van der Waals surface area (Å²) in [7, 11) is 1.52. The van der Waals surface area contributed by atoms with Gasteiger partial charge in [0.1, 0.15) is 0 Å². The van der Waals surface area contributed by atoms with Crippen LogP contribution < -0.4 is 0 Å². The van der Waals surface area contributed by atoms with Crippen molar-refractivity contribution in [2.24, 2.45) is 0 Å². The highest BCUT2D eigenvalue weighted by Gasteiger charge is 1.99. The number of aliphatic carboxylic acids is 1. The Morgan fingerprint density at radius 2 is 1.58 bits per heavy atom. The quantitative estimate of drug-likeness (QED) is 0.324. The van der Waals surface area contributed by atoms with Crippen LogP contribution in [0.1, 0.15) is 51.9 Å². The number of ether oxygens (including phenoxy) is 1. The molecule has 0 spiro atoms. The molecule has 0 rings (SSSR count). The largest absolute Gasteiger partial charge is 0.478 e. The van der Waals surface area contributed by atoms with Gasteiger partial charge >= 0.3 is 5.97 Å². The predicted octanol–water partition coefficient (Wildman–Crippen LogP) is 2.32. The van der Waals surface area contributed by atoms with Gasteiger partial charge in [-0.3, -0.25) is 0 Å². The van der Waals surface area contributed by atoms with E-state index in [-0.39, 0.29) is 5.57 Å². The van der Waals surface area contributed by atoms with Gasteiger partial charge in [0.05, 0.1) is 0 Å². The first kappa shape index (κ1) is 20.4. The number of carboxylic acid groups (broad SMARTS) is 1. The van der Waals surface area contributed by atoms with Gasteiger partial charge in [-0.25, -0.2) is 4.79 Å². The molecule has 19 heavy (non-hydrogen) atoms. The molecule has 0 aromatic heterocycles. The highest BCUT2D eigenvalue weighted by Crippen LogP contribution is 2.08. The molecule has 0 aromatic carbocycles. The Balaban J connectivity index is 0. The summed E-state index contributed by atoms with van der Waals surface area (Å²) >= 11 is 0. The number of aliphatic hydroxyl groups excluding tert-OH is 2. The van der Waals surface area contributed by atoms with E-state index in [1.165, 1.54) is 26.9 Å². The van der Waals surface area contributed by atoms with E-state index in [4.69, 9.17) is 20.1 Å². The molecule has 0 bridgehead atoms. The molecule has 5 heteroatoms. The van der Waals surface area contributed by atoms with Crippen molar-refractivity contribution in [3.05, 3.63) is 12.2 Å². The number of hydrogen-bond acceptors (Lipinski definition) is 4. The van der Waals surface area contributed by atoms with Gasteiger partial charge in [-0.15, -0.1) is 0 Å². The number of unbranched alkanes of at least 4 members (excludes halogenated alkanes) is 5. The monoisotopic (exact) mass is 276 g/mol. The zero-order valence-corrected chi connectivity index (χ0v) is 12.1. The molecule has 0 fully saturated rings. The molecule has 114 valence electrons. The van der Waals surface area contributed by atoms with Crippen LogP contribution in [0.4, 0.5) is 0 Å². The van der Waals surface area contributed by atoms with Crippen molar-refractivity contribution in [1.29, 1.82) is 0 Å². The number of rotatable bonds is 10. The van der Waals surface area contributed by atoms with Gasteiger partial charge in [-0.2, -0.15) is 0 Å². The number of aliphatic hydroxyl groups is 2. The first-order chi connectivity index (χ1) is 8.95. The van der Waals surface area contributed by atoms with Crippen LogP contribution in [0.5, 0.6) is 0 Å². The Hall–Kier alpha value is -0.910. The Bertz CT molecular complexity index is 216. The van der Waals surface area contributed by atoms with Crippen molar-refractivity contribution in [2.75, 3.05) is 13.7 Å². The molecule has 1 atom stereocenters. The van der Waals surface area contributed by atoms with Crippen molar-refractivity contribution >= 4 is 5.97 Å². The molecule has 3 N–H and O–H groups in total. The molecule has 0 saturated carbocycles. The van der Waals surface area contributed by atoms with Crippen LogP contribution in [0, 0.1) is 0 Å². The molecule has 0 heterocycles. The third kappa shape index (κ3) is 19.6. The van der Waals surface area contributed by atoms with Crippen molar-refractivity contribution < 1.29 is 24.9 Å². The molecule has 0 aliphatic rings. The minimum atomic E-state index is -0.935. The fourth-order valence-electron chi connectivity index (χ4n) is 1.26. The number of carbonyl (C=O) groups is 1. The van der Waals surface area contributed by atoms with Gasteiger partial charge in [-0.1, -0.05) is 32.3 Å². The fraction of sp³-hybridized carbons (Fsp3) is 0.786. The van der Waals surface area contributed by atoms with E-state index in [9.17, 15) is 4.79 Å².